The first kappa shape index (κ1) is 22.1. The van der Waals surface area contributed by atoms with Crippen LogP contribution in [0.4, 0.5) is 19.0 Å². The number of hydrogen-bond acceptors (Lipinski definition) is 6. The molecule has 0 radical (unpaired) electrons. The summed E-state index contributed by atoms with van der Waals surface area (Å²) in [6.45, 7) is -0.123. The van der Waals surface area contributed by atoms with Gasteiger partial charge in [-0.25, -0.2) is 15.0 Å². The van der Waals surface area contributed by atoms with E-state index in [0.717, 1.165) is 6.07 Å². The fourth-order valence-electron chi connectivity index (χ4n) is 3.34. The molecule has 0 fully saturated rings. The highest BCUT2D eigenvalue weighted by Gasteiger charge is 2.35. The predicted molar refractivity (Wildman–Crippen MR) is 117 cm³/mol. The Morgan fingerprint density at radius 2 is 1.91 bits per heavy atom. The Labute approximate surface area is 187 Å². The highest BCUT2D eigenvalue weighted by molar-refractivity contribution is 5.84. The third-order valence-electron chi connectivity index (χ3n) is 5.03. The molecule has 4 aromatic rings. The average molecular weight is 452 g/mol. The Bertz CT molecular complexity index is 1370. The number of hydrogen-bond donors (Lipinski definition) is 0. The zero-order valence-corrected chi connectivity index (χ0v) is 18.1. The maximum atomic E-state index is 13.9. The second-order valence-corrected chi connectivity index (χ2v) is 7.57. The van der Waals surface area contributed by atoms with Crippen molar-refractivity contribution in [1.29, 1.82) is 5.26 Å². The molecule has 0 N–H and O–H groups in total. The molecule has 0 aliphatic rings. The van der Waals surface area contributed by atoms with Gasteiger partial charge < -0.3 is 14.2 Å². The molecule has 0 spiro atoms. The number of aromatic nitrogens is 4. The van der Waals surface area contributed by atoms with E-state index in [0.29, 0.717) is 22.5 Å². The molecule has 0 saturated heterocycles. The Balaban J connectivity index is 1.71. The highest BCUT2D eigenvalue weighted by atomic mass is 19.4. The number of imidazole rings is 1. The van der Waals surface area contributed by atoms with E-state index in [4.69, 9.17) is 4.74 Å². The summed E-state index contributed by atoms with van der Waals surface area (Å²) in [4.78, 5) is 14.5. The SMILES string of the molecule is CN(C)c1cccc(COc2ccc(-c3cc4c(ncn4C)c(C#N)n3)cc2C(F)(F)F)n1. The van der Waals surface area contributed by atoms with Crippen LogP contribution < -0.4 is 9.64 Å². The quantitative estimate of drug-likeness (QED) is 0.442. The van der Waals surface area contributed by atoms with Gasteiger partial charge in [0.05, 0.1) is 28.8 Å². The van der Waals surface area contributed by atoms with Crippen LogP contribution in [-0.2, 0) is 19.8 Å². The minimum Gasteiger partial charge on any atom is -0.487 e. The van der Waals surface area contributed by atoms with Gasteiger partial charge in [0.15, 0.2) is 5.69 Å². The molecule has 33 heavy (non-hydrogen) atoms. The summed E-state index contributed by atoms with van der Waals surface area (Å²) in [5, 5.41) is 9.41. The van der Waals surface area contributed by atoms with Crippen LogP contribution >= 0.6 is 0 Å². The molecule has 0 amide bonds. The number of alkyl halides is 3. The van der Waals surface area contributed by atoms with Crippen molar-refractivity contribution in [1.82, 2.24) is 19.5 Å². The van der Waals surface area contributed by atoms with E-state index >= 15 is 0 Å². The minimum atomic E-state index is -4.65. The van der Waals surface area contributed by atoms with Crippen LogP contribution in [-0.4, -0.2) is 33.6 Å². The number of pyridine rings is 2. The van der Waals surface area contributed by atoms with Gasteiger partial charge in [-0.1, -0.05) is 6.07 Å². The maximum Gasteiger partial charge on any atom is 0.419 e. The normalized spacial score (nSPS) is 11.4. The smallest absolute Gasteiger partial charge is 0.419 e. The van der Waals surface area contributed by atoms with E-state index in [1.807, 2.05) is 20.2 Å². The van der Waals surface area contributed by atoms with Crippen molar-refractivity contribution >= 4 is 16.9 Å². The van der Waals surface area contributed by atoms with Crippen molar-refractivity contribution in [2.45, 2.75) is 12.8 Å². The summed E-state index contributed by atoms with van der Waals surface area (Å²) in [7, 11) is 5.38. The van der Waals surface area contributed by atoms with Gasteiger partial charge in [-0.3, -0.25) is 0 Å². The number of halogens is 3. The van der Waals surface area contributed by atoms with Gasteiger partial charge in [-0.2, -0.15) is 18.4 Å². The van der Waals surface area contributed by atoms with E-state index in [1.165, 1.54) is 18.5 Å². The molecule has 4 rings (SSSR count). The molecular formula is C23H19F3N6O. The predicted octanol–water partition coefficient (Wildman–Crippen LogP) is 4.57. The third kappa shape index (κ3) is 4.43. The third-order valence-corrected chi connectivity index (χ3v) is 5.03. The van der Waals surface area contributed by atoms with Crippen molar-refractivity contribution in [3.8, 4) is 23.1 Å². The van der Waals surface area contributed by atoms with Crippen molar-refractivity contribution in [2.24, 2.45) is 7.05 Å². The number of aryl methyl sites for hydroxylation is 1. The summed E-state index contributed by atoms with van der Waals surface area (Å²) in [5.74, 6) is 0.359. The number of fused-ring (bicyclic) bond motifs is 1. The largest absolute Gasteiger partial charge is 0.487 e. The van der Waals surface area contributed by atoms with Gasteiger partial charge in [0, 0.05) is 26.7 Å². The Kier molecular flexibility index (Phi) is 5.64. The van der Waals surface area contributed by atoms with Crippen LogP contribution in [0.1, 0.15) is 17.0 Å². The molecule has 3 heterocycles. The summed E-state index contributed by atoms with van der Waals surface area (Å²) in [6.07, 6.45) is -3.13. The molecule has 10 heteroatoms. The van der Waals surface area contributed by atoms with Crippen LogP contribution in [0.25, 0.3) is 22.3 Å². The Morgan fingerprint density at radius 3 is 2.61 bits per heavy atom. The minimum absolute atomic E-state index is 0.0452. The second kappa shape index (κ2) is 8.43. The molecule has 7 nitrogen and oxygen atoms in total. The number of benzene rings is 1. The standard InChI is InChI=1S/C23H19F3N6O/c1-31(2)21-6-4-5-15(29-21)12-33-20-8-7-14(9-16(20)23(24,25)26)17-10-19-22(18(11-27)30-17)28-13-32(19)3/h4-10,13H,12H2,1-3H3. The molecule has 168 valence electrons. The first-order valence-corrected chi connectivity index (χ1v) is 9.87. The zero-order chi connectivity index (χ0) is 23.8. The molecular weight excluding hydrogens is 433 g/mol. The first-order valence-electron chi connectivity index (χ1n) is 9.87. The van der Waals surface area contributed by atoms with Crippen LogP contribution in [0.3, 0.4) is 0 Å². The van der Waals surface area contributed by atoms with Crippen molar-refractivity contribution < 1.29 is 17.9 Å². The first-order chi connectivity index (χ1) is 15.7. The van der Waals surface area contributed by atoms with Gasteiger partial charge in [0.25, 0.3) is 0 Å². The van der Waals surface area contributed by atoms with Crippen molar-refractivity contribution in [3.05, 3.63) is 65.7 Å². The van der Waals surface area contributed by atoms with Crippen molar-refractivity contribution in [3.63, 3.8) is 0 Å². The number of nitriles is 1. The zero-order valence-electron chi connectivity index (χ0n) is 18.1. The second-order valence-electron chi connectivity index (χ2n) is 7.57. The van der Waals surface area contributed by atoms with Crippen LogP contribution in [0.2, 0.25) is 0 Å². The van der Waals surface area contributed by atoms with Crippen LogP contribution in [0.5, 0.6) is 5.75 Å². The molecule has 0 atom stereocenters. The summed E-state index contributed by atoms with van der Waals surface area (Å²) >= 11 is 0. The molecule has 0 saturated carbocycles. The molecule has 0 aliphatic carbocycles. The van der Waals surface area contributed by atoms with Gasteiger partial charge in [0.1, 0.15) is 29.8 Å². The molecule has 0 bridgehead atoms. The Hall–Kier alpha value is -4.13. The van der Waals surface area contributed by atoms with E-state index < -0.39 is 11.7 Å². The molecule has 1 aromatic carbocycles. The molecule has 0 aliphatic heterocycles. The van der Waals surface area contributed by atoms with Crippen LogP contribution in [0.15, 0.2) is 48.8 Å². The van der Waals surface area contributed by atoms with Crippen molar-refractivity contribution in [2.75, 3.05) is 19.0 Å². The summed E-state index contributed by atoms with van der Waals surface area (Å²) in [5.41, 5.74) is 1.05. The number of rotatable bonds is 5. The molecule has 3 aromatic heterocycles. The van der Waals surface area contributed by atoms with E-state index in [9.17, 15) is 18.4 Å². The topological polar surface area (TPSA) is 79.9 Å². The number of ether oxygens (including phenoxy) is 1. The van der Waals surface area contributed by atoms with Crippen LogP contribution in [0, 0.1) is 11.3 Å². The summed E-state index contributed by atoms with van der Waals surface area (Å²) in [6, 6.07) is 12.5. The Morgan fingerprint density at radius 1 is 1.12 bits per heavy atom. The summed E-state index contributed by atoms with van der Waals surface area (Å²) < 4.78 is 48.8. The lowest BCUT2D eigenvalue weighted by atomic mass is 10.1. The maximum absolute atomic E-state index is 13.9. The van der Waals surface area contributed by atoms with E-state index in [1.54, 1.807) is 40.8 Å². The monoisotopic (exact) mass is 452 g/mol. The van der Waals surface area contributed by atoms with Gasteiger partial charge in [-0.05, 0) is 36.4 Å². The molecule has 0 unspecified atom stereocenters. The number of anilines is 1. The van der Waals surface area contributed by atoms with Gasteiger partial charge in [-0.15, -0.1) is 0 Å². The average Bonchev–Trinajstić information content (AvgIpc) is 3.17. The highest BCUT2D eigenvalue weighted by Crippen LogP contribution is 2.39. The fraction of sp³-hybridized carbons (Fsp3) is 0.217. The van der Waals surface area contributed by atoms with E-state index in [2.05, 4.69) is 15.0 Å². The van der Waals surface area contributed by atoms with Gasteiger partial charge in [0.2, 0.25) is 0 Å². The fourth-order valence-corrected chi connectivity index (χ4v) is 3.34. The van der Waals surface area contributed by atoms with Gasteiger partial charge >= 0.3 is 6.18 Å². The lowest BCUT2D eigenvalue weighted by Crippen LogP contribution is -2.12. The number of nitrogens with zero attached hydrogens (tertiary/aromatic N) is 6. The lowest BCUT2D eigenvalue weighted by Gasteiger charge is -2.16. The lowest BCUT2D eigenvalue weighted by molar-refractivity contribution is -0.139. The van der Waals surface area contributed by atoms with E-state index in [-0.39, 0.29) is 29.3 Å².